The summed E-state index contributed by atoms with van der Waals surface area (Å²) in [4.78, 5) is 24.6. The Bertz CT molecular complexity index is 453. The highest BCUT2D eigenvalue weighted by atomic mass is 16.5. The summed E-state index contributed by atoms with van der Waals surface area (Å²) in [5, 5.41) is 0. The topological polar surface area (TPSA) is 43.4 Å². The van der Waals surface area contributed by atoms with E-state index in [9.17, 15) is 9.59 Å². The number of hydrogen-bond donors (Lipinski definition) is 0. The SMILES string of the molecule is CCCCOC1=C(CC(C)C)C(=O)C(=O)C(CC(C)C)=C1. The van der Waals surface area contributed by atoms with E-state index in [0.29, 0.717) is 48.2 Å². The molecule has 0 aromatic heterocycles. The van der Waals surface area contributed by atoms with E-state index in [0.717, 1.165) is 12.8 Å². The molecule has 0 aromatic carbocycles. The molecule has 21 heavy (non-hydrogen) atoms. The van der Waals surface area contributed by atoms with E-state index in [4.69, 9.17) is 4.74 Å². The number of allylic oxidation sites excluding steroid dienone is 3. The standard InChI is InChI=1S/C18H28O3/c1-6-7-8-21-16-11-14(9-12(2)3)17(19)18(20)15(16)10-13(4)5/h11-13H,6-10H2,1-5H3. The maximum atomic E-state index is 12.4. The smallest absolute Gasteiger partial charge is 0.232 e. The highest BCUT2D eigenvalue weighted by Gasteiger charge is 2.31. The Morgan fingerprint density at radius 2 is 1.62 bits per heavy atom. The number of rotatable bonds is 8. The fourth-order valence-electron chi connectivity index (χ4n) is 2.35. The summed E-state index contributed by atoms with van der Waals surface area (Å²) in [5.74, 6) is 0.575. The predicted octanol–water partition coefficient (Wildman–Crippen LogP) is 4.23. The van der Waals surface area contributed by atoms with Gasteiger partial charge in [0.15, 0.2) is 0 Å². The average molecular weight is 292 g/mol. The molecular formula is C18H28O3. The molecule has 0 atom stereocenters. The van der Waals surface area contributed by atoms with Crippen LogP contribution in [-0.2, 0) is 14.3 Å². The van der Waals surface area contributed by atoms with Crippen LogP contribution in [0.25, 0.3) is 0 Å². The van der Waals surface area contributed by atoms with Gasteiger partial charge in [-0.1, -0.05) is 41.0 Å². The van der Waals surface area contributed by atoms with Crippen LogP contribution in [0.4, 0.5) is 0 Å². The second-order valence-corrected chi connectivity index (χ2v) is 6.57. The molecule has 0 bridgehead atoms. The van der Waals surface area contributed by atoms with Crippen molar-refractivity contribution >= 4 is 11.6 Å². The highest BCUT2D eigenvalue weighted by Crippen LogP contribution is 2.28. The molecule has 0 unspecified atom stereocenters. The van der Waals surface area contributed by atoms with Gasteiger partial charge >= 0.3 is 0 Å². The van der Waals surface area contributed by atoms with Gasteiger partial charge in [0.05, 0.1) is 6.61 Å². The van der Waals surface area contributed by atoms with E-state index >= 15 is 0 Å². The van der Waals surface area contributed by atoms with Gasteiger partial charge in [0, 0.05) is 11.1 Å². The molecule has 0 heterocycles. The first-order valence-electron chi connectivity index (χ1n) is 8.02. The highest BCUT2D eigenvalue weighted by molar-refractivity contribution is 6.50. The average Bonchev–Trinajstić information content (AvgIpc) is 2.39. The van der Waals surface area contributed by atoms with Crippen LogP contribution in [0.2, 0.25) is 0 Å². The van der Waals surface area contributed by atoms with Gasteiger partial charge in [0.2, 0.25) is 11.6 Å². The number of hydrogen-bond acceptors (Lipinski definition) is 3. The van der Waals surface area contributed by atoms with E-state index in [1.165, 1.54) is 0 Å². The summed E-state index contributed by atoms with van der Waals surface area (Å²) in [6, 6.07) is 0. The molecule has 0 saturated carbocycles. The first-order valence-corrected chi connectivity index (χ1v) is 8.02. The minimum atomic E-state index is -0.367. The van der Waals surface area contributed by atoms with Crippen molar-refractivity contribution in [2.75, 3.05) is 6.61 Å². The van der Waals surface area contributed by atoms with E-state index in [2.05, 4.69) is 6.92 Å². The predicted molar refractivity (Wildman–Crippen MR) is 84.9 cm³/mol. The Kier molecular flexibility index (Phi) is 6.86. The first kappa shape index (κ1) is 17.7. The molecule has 118 valence electrons. The number of Topliss-reactive ketones (excluding diaryl/α,β-unsaturated/α-hetero) is 2. The largest absolute Gasteiger partial charge is 0.493 e. The van der Waals surface area contributed by atoms with Gasteiger partial charge in [-0.05, 0) is 37.2 Å². The van der Waals surface area contributed by atoms with Crippen LogP contribution >= 0.6 is 0 Å². The third-order valence-corrected chi connectivity index (χ3v) is 3.37. The van der Waals surface area contributed by atoms with Gasteiger partial charge in [-0.3, -0.25) is 9.59 Å². The molecule has 1 aliphatic rings. The van der Waals surface area contributed by atoms with E-state index < -0.39 is 0 Å². The monoisotopic (exact) mass is 292 g/mol. The summed E-state index contributed by atoms with van der Waals surface area (Å²) in [7, 11) is 0. The Morgan fingerprint density at radius 1 is 1.00 bits per heavy atom. The zero-order valence-electron chi connectivity index (χ0n) is 14.0. The summed E-state index contributed by atoms with van der Waals surface area (Å²) in [6.07, 6.45) is 5.02. The molecule has 3 heteroatoms. The van der Waals surface area contributed by atoms with Crippen molar-refractivity contribution in [2.24, 2.45) is 11.8 Å². The lowest BCUT2D eigenvalue weighted by Crippen LogP contribution is -2.26. The molecule has 1 rings (SSSR count). The Hall–Kier alpha value is -1.38. The van der Waals surface area contributed by atoms with Crippen LogP contribution in [-0.4, -0.2) is 18.2 Å². The van der Waals surface area contributed by atoms with Crippen LogP contribution in [0.3, 0.4) is 0 Å². The van der Waals surface area contributed by atoms with Crippen LogP contribution in [0.15, 0.2) is 23.0 Å². The van der Waals surface area contributed by atoms with Gasteiger partial charge in [-0.2, -0.15) is 0 Å². The molecule has 0 aromatic rings. The summed E-state index contributed by atoms with van der Waals surface area (Å²) < 4.78 is 5.80. The number of unbranched alkanes of at least 4 members (excludes halogenated alkanes) is 1. The molecule has 0 aliphatic heterocycles. The van der Waals surface area contributed by atoms with Crippen molar-refractivity contribution in [1.29, 1.82) is 0 Å². The number of carbonyl (C=O) groups excluding carboxylic acids is 2. The molecule has 0 saturated heterocycles. The molecule has 0 radical (unpaired) electrons. The molecule has 0 amide bonds. The fraction of sp³-hybridized carbons (Fsp3) is 0.667. The number of ketones is 2. The molecule has 1 aliphatic carbocycles. The minimum absolute atomic E-state index is 0.321. The van der Waals surface area contributed by atoms with Crippen molar-refractivity contribution in [2.45, 2.75) is 60.3 Å². The lowest BCUT2D eigenvalue weighted by atomic mass is 9.86. The van der Waals surface area contributed by atoms with Crippen LogP contribution in [0, 0.1) is 11.8 Å². The zero-order valence-corrected chi connectivity index (χ0v) is 14.0. The van der Waals surface area contributed by atoms with Crippen molar-refractivity contribution < 1.29 is 14.3 Å². The molecule has 3 nitrogen and oxygen atoms in total. The zero-order chi connectivity index (χ0) is 16.0. The number of carbonyl (C=O) groups is 2. The van der Waals surface area contributed by atoms with Crippen molar-refractivity contribution in [3.8, 4) is 0 Å². The number of ether oxygens (including phenoxy) is 1. The molecular weight excluding hydrogens is 264 g/mol. The summed E-state index contributed by atoms with van der Waals surface area (Å²) in [5.41, 5.74) is 1.15. The fourth-order valence-corrected chi connectivity index (χ4v) is 2.35. The molecule has 0 spiro atoms. The van der Waals surface area contributed by atoms with Gasteiger partial charge < -0.3 is 4.74 Å². The Morgan fingerprint density at radius 3 is 2.14 bits per heavy atom. The van der Waals surface area contributed by atoms with Gasteiger partial charge in [0.25, 0.3) is 0 Å². The Balaban J connectivity index is 3.07. The third-order valence-electron chi connectivity index (χ3n) is 3.37. The minimum Gasteiger partial charge on any atom is -0.493 e. The maximum absolute atomic E-state index is 12.4. The van der Waals surface area contributed by atoms with Crippen LogP contribution in [0.1, 0.15) is 60.3 Å². The third kappa shape index (κ3) is 5.14. The van der Waals surface area contributed by atoms with E-state index in [1.54, 1.807) is 6.08 Å². The van der Waals surface area contributed by atoms with Crippen LogP contribution < -0.4 is 0 Å². The second kappa shape index (κ2) is 8.16. The maximum Gasteiger partial charge on any atom is 0.232 e. The first-order chi connectivity index (χ1) is 9.86. The van der Waals surface area contributed by atoms with Gasteiger partial charge in [-0.15, -0.1) is 0 Å². The lowest BCUT2D eigenvalue weighted by Gasteiger charge is -2.21. The summed E-state index contributed by atoms with van der Waals surface area (Å²) in [6.45, 7) is 10.9. The Labute approximate surface area is 128 Å². The van der Waals surface area contributed by atoms with Gasteiger partial charge in [-0.25, -0.2) is 0 Å². The van der Waals surface area contributed by atoms with Crippen molar-refractivity contribution in [3.63, 3.8) is 0 Å². The molecule has 0 N–H and O–H groups in total. The molecule has 0 fully saturated rings. The van der Waals surface area contributed by atoms with Crippen LogP contribution in [0.5, 0.6) is 0 Å². The van der Waals surface area contributed by atoms with Gasteiger partial charge in [0.1, 0.15) is 5.76 Å². The van der Waals surface area contributed by atoms with Crippen molar-refractivity contribution in [3.05, 3.63) is 23.0 Å². The van der Waals surface area contributed by atoms with Crippen molar-refractivity contribution in [1.82, 2.24) is 0 Å². The second-order valence-electron chi connectivity index (χ2n) is 6.57. The lowest BCUT2D eigenvalue weighted by molar-refractivity contribution is -0.132. The normalized spacial score (nSPS) is 16.0. The summed E-state index contributed by atoms with van der Waals surface area (Å²) >= 11 is 0. The van der Waals surface area contributed by atoms with E-state index in [1.807, 2.05) is 27.7 Å². The quantitative estimate of drug-likeness (QED) is 0.382. The van der Waals surface area contributed by atoms with E-state index in [-0.39, 0.29) is 11.6 Å².